The van der Waals surface area contributed by atoms with E-state index in [2.05, 4.69) is 20.8 Å². The number of anilines is 1. The molecular formula is C15H18N4OS. The van der Waals surface area contributed by atoms with Gasteiger partial charge in [0.25, 0.3) is 5.91 Å². The van der Waals surface area contributed by atoms with Crippen LogP contribution in [0, 0.1) is 0 Å². The summed E-state index contributed by atoms with van der Waals surface area (Å²) in [6, 6.07) is 7.57. The van der Waals surface area contributed by atoms with Crippen LogP contribution in [0.4, 0.5) is 5.13 Å². The van der Waals surface area contributed by atoms with Crippen LogP contribution >= 0.6 is 11.3 Å². The van der Waals surface area contributed by atoms with Crippen LogP contribution in [-0.4, -0.2) is 22.6 Å². The number of hydrogen-bond acceptors (Lipinski definition) is 5. The minimum absolute atomic E-state index is 0.131. The Morgan fingerprint density at radius 1 is 1.33 bits per heavy atom. The minimum atomic E-state index is -0.365. The van der Waals surface area contributed by atoms with Crippen molar-refractivity contribution in [3.8, 4) is 0 Å². The Morgan fingerprint density at radius 3 is 2.86 bits per heavy atom. The SMILES string of the molecule is C[C@H](Nc1nc2ccccc2s1)C(=O)NN=C1CCCC1. The number of hydrogen-bond donors (Lipinski definition) is 2. The Morgan fingerprint density at radius 2 is 2.10 bits per heavy atom. The highest BCUT2D eigenvalue weighted by Crippen LogP contribution is 2.25. The van der Waals surface area contributed by atoms with Crippen molar-refractivity contribution in [1.29, 1.82) is 0 Å². The van der Waals surface area contributed by atoms with E-state index in [1.165, 1.54) is 12.8 Å². The van der Waals surface area contributed by atoms with Crippen molar-refractivity contribution in [2.45, 2.75) is 38.6 Å². The summed E-state index contributed by atoms with van der Waals surface area (Å²) in [5.41, 5.74) is 4.68. The van der Waals surface area contributed by atoms with E-state index in [9.17, 15) is 4.79 Å². The minimum Gasteiger partial charge on any atom is -0.350 e. The van der Waals surface area contributed by atoms with Gasteiger partial charge in [-0.25, -0.2) is 10.4 Å². The average molecular weight is 302 g/mol. The summed E-state index contributed by atoms with van der Waals surface area (Å²) < 4.78 is 1.11. The number of hydrazone groups is 1. The van der Waals surface area contributed by atoms with Crippen LogP contribution in [0.5, 0.6) is 0 Å². The topological polar surface area (TPSA) is 66.4 Å². The largest absolute Gasteiger partial charge is 0.350 e. The third-order valence-electron chi connectivity index (χ3n) is 3.53. The molecule has 1 atom stereocenters. The van der Waals surface area contributed by atoms with Gasteiger partial charge in [-0.05, 0) is 44.7 Å². The second-order valence-corrected chi connectivity index (χ2v) is 6.24. The zero-order chi connectivity index (χ0) is 14.7. The number of amides is 1. The lowest BCUT2D eigenvalue weighted by atomic mass is 10.3. The van der Waals surface area contributed by atoms with Crippen LogP contribution in [0.1, 0.15) is 32.6 Å². The summed E-state index contributed by atoms with van der Waals surface area (Å²) in [6.07, 6.45) is 4.35. The lowest BCUT2D eigenvalue weighted by Gasteiger charge is -2.10. The van der Waals surface area contributed by atoms with E-state index in [4.69, 9.17) is 0 Å². The molecule has 0 bridgehead atoms. The first-order valence-electron chi connectivity index (χ1n) is 7.20. The zero-order valence-corrected chi connectivity index (χ0v) is 12.7. The van der Waals surface area contributed by atoms with Crippen molar-refractivity contribution in [2.75, 3.05) is 5.32 Å². The van der Waals surface area contributed by atoms with Gasteiger partial charge >= 0.3 is 0 Å². The number of thiazole rings is 1. The highest BCUT2D eigenvalue weighted by Gasteiger charge is 2.15. The number of carbonyl (C=O) groups is 1. The second kappa shape index (κ2) is 6.22. The molecule has 1 aromatic carbocycles. The summed E-state index contributed by atoms with van der Waals surface area (Å²) in [6.45, 7) is 1.82. The number of fused-ring (bicyclic) bond motifs is 1. The smallest absolute Gasteiger partial charge is 0.262 e. The lowest BCUT2D eigenvalue weighted by molar-refractivity contribution is -0.121. The van der Waals surface area contributed by atoms with Gasteiger partial charge in [0.05, 0.1) is 10.2 Å². The molecule has 2 aromatic rings. The molecule has 1 aromatic heterocycles. The predicted molar refractivity (Wildman–Crippen MR) is 86.8 cm³/mol. The summed E-state index contributed by atoms with van der Waals surface area (Å²) in [7, 11) is 0. The van der Waals surface area contributed by atoms with Crippen molar-refractivity contribution in [3.05, 3.63) is 24.3 Å². The van der Waals surface area contributed by atoms with E-state index >= 15 is 0 Å². The first-order valence-corrected chi connectivity index (χ1v) is 8.01. The van der Waals surface area contributed by atoms with Crippen LogP contribution in [0.25, 0.3) is 10.2 Å². The molecule has 3 rings (SSSR count). The maximum Gasteiger partial charge on any atom is 0.262 e. The molecule has 1 aliphatic carbocycles. The van der Waals surface area contributed by atoms with Crippen molar-refractivity contribution in [1.82, 2.24) is 10.4 Å². The van der Waals surface area contributed by atoms with E-state index in [-0.39, 0.29) is 11.9 Å². The molecule has 21 heavy (non-hydrogen) atoms. The van der Waals surface area contributed by atoms with Crippen molar-refractivity contribution >= 4 is 38.3 Å². The standard InChI is InChI=1S/C15H18N4OS/c1-10(14(20)19-18-11-6-2-3-7-11)16-15-17-12-8-4-5-9-13(12)21-15/h4-5,8-10H,2-3,6-7H2,1H3,(H,16,17)(H,19,20)/t10-/m0/s1. The number of para-hydroxylation sites is 1. The molecule has 0 radical (unpaired) electrons. The first kappa shape index (κ1) is 14.0. The van der Waals surface area contributed by atoms with Gasteiger partial charge in [0, 0.05) is 5.71 Å². The normalized spacial score (nSPS) is 16.0. The van der Waals surface area contributed by atoms with Gasteiger partial charge in [-0.2, -0.15) is 5.10 Å². The first-order chi connectivity index (χ1) is 10.2. The highest BCUT2D eigenvalue weighted by atomic mass is 32.1. The molecular weight excluding hydrogens is 284 g/mol. The number of rotatable bonds is 4. The Kier molecular flexibility index (Phi) is 4.15. The maximum atomic E-state index is 12.0. The third kappa shape index (κ3) is 3.39. The van der Waals surface area contributed by atoms with Gasteiger partial charge in [0.15, 0.2) is 5.13 Å². The molecule has 6 heteroatoms. The molecule has 1 fully saturated rings. The lowest BCUT2D eigenvalue weighted by Crippen LogP contribution is -2.35. The Balaban J connectivity index is 1.60. The Bertz CT molecular complexity index is 638. The number of nitrogens with one attached hydrogen (secondary N) is 2. The quantitative estimate of drug-likeness (QED) is 0.853. The molecule has 0 aliphatic heterocycles. The summed E-state index contributed by atoms with van der Waals surface area (Å²) in [5, 5.41) is 8.08. The van der Waals surface area contributed by atoms with Gasteiger partial charge < -0.3 is 5.32 Å². The summed E-state index contributed by atoms with van der Waals surface area (Å²) in [5.74, 6) is -0.131. The molecule has 2 N–H and O–H groups in total. The van der Waals surface area contributed by atoms with E-state index in [1.54, 1.807) is 11.3 Å². The van der Waals surface area contributed by atoms with Crippen molar-refractivity contribution in [2.24, 2.45) is 5.10 Å². The fourth-order valence-corrected chi connectivity index (χ4v) is 3.26. The van der Waals surface area contributed by atoms with Crippen LogP contribution in [-0.2, 0) is 4.79 Å². The van der Waals surface area contributed by atoms with Crippen LogP contribution in [0.3, 0.4) is 0 Å². The van der Waals surface area contributed by atoms with Crippen LogP contribution in [0.15, 0.2) is 29.4 Å². The fourth-order valence-electron chi connectivity index (χ4n) is 2.31. The molecule has 1 amide bonds. The van der Waals surface area contributed by atoms with Crippen LogP contribution in [0.2, 0.25) is 0 Å². The Hall–Kier alpha value is -1.95. The van der Waals surface area contributed by atoms with E-state index in [1.807, 2.05) is 31.2 Å². The zero-order valence-electron chi connectivity index (χ0n) is 11.9. The monoisotopic (exact) mass is 302 g/mol. The molecule has 1 saturated carbocycles. The van der Waals surface area contributed by atoms with E-state index in [0.717, 1.165) is 33.9 Å². The predicted octanol–water partition coefficient (Wildman–Crippen LogP) is 3.14. The highest BCUT2D eigenvalue weighted by molar-refractivity contribution is 7.22. The fraction of sp³-hybridized carbons (Fsp3) is 0.400. The van der Waals surface area contributed by atoms with Gasteiger partial charge in [-0.3, -0.25) is 4.79 Å². The number of carbonyl (C=O) groups excluding carboxylic acids is 1. The average Bonchev–Trinajstić information content (AvgIpc) is 3.13. The Labute approximate surface area is 127 Å². The maximum absolute atomic E-state index is 12.0. The molecule has 0 saturated heterocycles. The van der Waals surface area contributed by atoms with Gasteiger partial charge in [0.1, 0.15) is 6.04 Å². The van der Waals surface area contributed by atoms with Crippen molar-refractivity contribution in [3.63, 3.8) is 0 Å². The number of aromatic nitrogens is 1. The van der Waals surface area contributed by atoms with E-state index in [0.29, 0.717) is 0 Å². The summed E-state index contributed by atoms with van der Waals surface area (Å²) >= 11 is 1.55. The molecule has 5 nitrogen and oxygen atoms in total. The summed E-state index contributed by atoms with van der Waals surface area (Å²) in [4.78, 5) is 16.5. The second-order valence-electron chi connectivity index (χ2n) is 5.21. The third-order valence-corrected chi connectivity index (χ3v) is 4.50. The van der Waals surface area contributed by atoms with Gasteiger partial charge in [-0.15, -0.1) is 0 Å². The van der Waals surface area contributed by atoms with E-state index < -0.39 is 0 Å². The molecule has 1 heterocycles. The number of benzene rings is 1. The van der Waals surface area contributed by atoms with Gasteiger partial charge in [0.2, 0.25) is 0 Å². The van der Waals surface area contributed by atoms with Gasteiger partial charge in [-0.1, -0.05) is 23.5 Å². The number of nitrogens with zero attached hydrogens (tertiary/aromatic N) is 2. The van der Waals surface area contributed by atoms with Crippen molar-refractivity contribution < 1.29 is 4.79 Å². The van der Waals surface area contributed by atoms with Crippen LogP contribution < -0.4 is 10.7 Å². The molecule has 0 unspecified atom stereocenters. The molecule has 110 valence electrons. The molecule has 1 aliphatic rings. The molecule has 0 spiro atoms.